The van der Waals surface area contributed by atoms with E-state index in [9.17, 15) is 14.4 Å². The highest BCUT2D eigenvalue weighted by Crippen LogP contribution is 2.14. The smallest absolute Gasteiger partial charge is 0.221 e. The summed E-state index contributed by atoms with van der Waals surface area (Å²) in [5, 5.41) is 12.8. The molecule has 368 valence electrons. The molecule has 0 aliphatic rings. The average molecular weight is 876 g/mol. The molecule has 0 atom stereocenters. The first-order valence-corrected chi connectivity index (χ1v) is 27.8. The summed E-state index contributed by atoms with van der Waals surface area (Å²) in [5.74, 6) is 0.357. The van der Waals surface area contributed by atoms with E-state index in [4.69, 9.17) is 0 Å². The van der Waals surface area contributed by atoms with Gasteiger partial charge in [0.05, 0.1) is 0 Å². The molecule has 0 unspecified atom stereocenters. The molecule has 8 nitrogen and oxygen atoms in total. The van der Waals surface area contributed by atoms with Gasteiger partial charge in [-0.15, -0.1) is 0 Å². The van der Waals surface area contributed by atoms with Crippen LogP contribution < -0.4 is 21.3 Å². The van der Waals surface area contributed by atoms with Crippen LogP contribution >= 0.6 is 0 Å². The third-order valence-electron chi connectivity index (χ3n) is 12.7. The van der Waals surface area contributed by atoms with Gasteiger partial charge in [-0.05, 0) is 38.8 Å². The van der Waals surface area contributed by atoms with E-state index in [0.717, 1.165) is 58.4 Å². The molecular formula is C54H109N5O3. The van der Waals surface area contributed by atoms with Gasteiger partial charge >= 0.3 is 0 Å². The Morgan fingerprint density at radius 3 is 0.823 bits per heavy atom. The second-order valence-corrected chi connectivity index (χ2v) is 18.9. The maximum Gasteiger partial charge on any atom is 0.221 e. The van der Waals surface area contributed by atoms with E-state index < -0.39 is 0 Å². The number of carbonyl (C=O) groups excluding carboxylic acids is 3. The van der Waals surface area contributed by atoms with Crippen molar-refractivity contribution in [1.29, 1.82) is 0 Å². The van der Waals surface area contributed by atoms with Crippen LogP contribution in [0.3, 0.4) is 0 Å². The van der Waals surface area contributed by atoms with Gasteiger partial charge in [0, 0.05) is 58.5 Å². The first kappa shape index (κ1) is 60.3. The lowest BCUT2D eigenvalue weighted by Crippen LogP contribution is -2.36. The van der Waals surface area contributed by atoms with Gasteiger partial charge in [-0.1, -0.05) is 233 Å². The molecule has 3 amide bonds. The van der Waals surface area contributed by atoms with Crippen molar-refractivity contribution in [2.75, 3.05) is 52.4 Å². The largest absolute Gasteiger partial charge is 0.356 e. The molecule has 4 N–H and O–H groups in total. The summed E-state index contributed by atoms with van der Waals surface area (Å²) < 4.78 is 0. The van der Waals surface area contributed by atoms with E-state index >= 15 is 0 Å². The van der Waals surface area contributed by atoms with Crippen molar-refractivity contribution < 1.29 is 14.4 Å². The number of unbranched alkanes of at least 4 members (excludes halogenated alkanes) is 33. The summed E-state index contributed by atoms with van der Waals surface area (Å²) in [6.45, 7) is 12.8. The first-order valence-electron chi connectivity index (χ1n) is 27.8. The van der Waals surface area contributed by atoms with E-state index in [1.54, 1.807) is 0 Å². The highest BCUT2D eigenvalue weighted by molar-refractivity contribution is 5.77. The monoisotopic (exact) mass is 876 g/mol. The molecule has 0 heterocycles. The molecule has 0 bridgehead atoms. The summed E-state index contributed by atoms with van der Waals surface area (Å²) in [4.78, 5) is 40.2. The van der Waals surface area contributed by atoms with E-state index in [-0.39, 0.29) is 17.7 Å². The van der Waals surface area contributed by atoms with Crippen molar-refractivity contribution >= 4 is 17.7 Å². The summed E-state index contributed by atoms with van der Waals surface area (Å²) in [5.41, 5.74) is 0. The number of hydrogen-bond donors (Lipinski definition) is 4. The van der Waals surface area contributed by atoms with Crippen LogP contribution in [0, 0.1) is 0 Å². The Morgan fingerprint density at radius 2 is 0.532 bits per heavy atom. The quantitative estimate of drug-likeness (QED) is 0.0456. The van der Waals surface area contributed by atoms with E-state index in [2.05, 4.69) is 46.9 Å². The zero-order chi connectivity index (χ0) is 45.1. The third-order valence-corrected chi connectivity index (χ3v) is 12.7. The molecule has 0 fully saturated rings. The van der Waals surface area contributed by atoms with E-state index in [1.807, 2.05) is 0 Å². The molecule has 0 radical (unpaired) electrons. The maximum atomic E-state index is 12.8. The first-order chi connectivity index (χ1) is 30.5. The Morgan fingerprint density at radius 1 is 0.274 bits per heavy atom. The van der Waals surface area contributed by atoms with Gasteiger partial charge in [0.25, 0.3) is 0 Å². The second kappa shape index (κ2) is 52.0. The fourth-order valence-corrected chi connectivity index (χ4v) is 8.46. The van der Waals surface area contributed by atoms with Crippen molar-refractivity contribution in [3.05, 3.63) is 0 Å². The van der Waals surface area contributed by atoms with Gasteiger partial charge in [-0.25, -0.2) is 0 Å². The topological polar surface area (TPSA) is 103 Å². The van der Waals surface area contributed by atoms with E-state index in [0.29, 0.717) is 38.9 Å². The third kappa shape index (κ3) is 49.3. The van der Waals surface area contributed by atoms with Crippen LogP contribution in [0.2, 0.25) is 0 Å². The minimum atomic E-state index is 0.113. The lowest BCUT2D eigenvalue weighted by atomic mass is 10.1. The van der Waals surface area contributed by atoms with Crippen molar-refractivity contribution in [3.63, 3.8) is 0 Å². The fourth-order valence-electron chi connectivity index (χ4n) is 8.46. The van der Waals surface area contributed by atoms with Crippen molar-refractivity contribution in [3.8, 4) is 0 Å². The highest BCUT2D eigenvalue weighted by Gasteiger charge is 2.11. The number of nitrogens with one attached hydrogen (secondary N) is 4. The summed E-state index contributed by atoms with van der Waals surface area (Å²) >= 11 is 0. The molecule has 0 saturated carbocycles. The van der Waals surface area contributed by atoms with Crippen LogP contribution in [0.1, 0.15) is 278 Å². The van der Waals surface area contributed by atoms with Crippen molar-refractivity contribution in [1.82, 2.24) is 26.2 Å². The number of nitrogens with zero attached hydrogens (tertiary/aromatic N) is 1. The highest BCUT2D eigenvalue weighted by atomic mass is 16.2. The van der Waals surface area contributed by atoms with E-state index in [1.165, 1.54) is 212 Å². The molecule has 0 aromatic carbocycles. The van der Waals surface area contributed by atoms with Gasteiger partial charge in [0.2, 0.25) is 17.7 Å². The van der Waals surface area contributed by atoms with Gasteiger partial charge < -0.3 is 26.2 Å². The van der Waals surface area contributed by atoms with Crippen LogP contribution in [0.4, 0.5) is 0 Å². The van der Waals surface area contributed by atoms with Crippen LogP contribution in [-0.4, -0.2) is 75.0 Å². The zero-order valence-corrected chi connectivity index (χ0v) is 42.1. The number of amides is 3. The molecule has 62 heavy (non-hydrogen) atoms. The van der Waals surface area contributed by atoms with Crippen LogP contribution in [0.5, 0.6) is 0 Å². The Kier molecular flexibility index (Phi) is 50.6. The van der Waals surface area contributed by atoms with Gasteiger partial charge in [0.1, 0.15) is 0 Å². The summed E-state index contributed by atoms with van der Waals surface area (Å²) in [6.07, 6.45) is 49.9. The van der Waals surface area contributed by atoms with Gasteiger partial charge in [-0.3, -0.25) is 14.4 Å². The standard InChI is InChI=1S/C54H109N5O3/c1-4-7-10-13-16-19-22-25-28-31-34-37-45-56-52(60)41-48-55-44-40-49-59(50-42-53(61)57-46-38-35-32-29-26-23-20-17-14-11-8-5-2)51-43-54(62)58-47-39-36-33-30-27-24-21-18-15-12-9-6-3/h55H,4-51H2,1-3H3,(H,56,60)(H,57,61)(H,58,62). The molecule has 0 aromatic rings. The van der Waals surface area contributed by atoms with Crippen LogP contribution in [0.25, 0.3) is 0 Å². The Labute approximate surface area is 387 Å². The normalized spacial score (nSPS) is 11.4. The van der Waals surface area contributed by atoms with Crippen LogP contribution in [-0.2, 0) is 14.4 Å². The number of rotatable bonds is 52. The lowest BCUT2D eigenvalue weighted by molar-refractivity contribution is -0.122. The predicted molar refractivity (Wildman–Crippen MR) is 270 cm³/mol. The molecule has 0 aliphatic carbocycles. The molecule has 0 aromatic heterocycles. The minimum Gasteiger partial charge on any atom is -0.356 e. The molecule has 8 heteroatoms. The lowest BCUT2D eigenvalue weighted by Gasteiger charge is -2.22. The van der Waals surface area contributed by atoms with Gasteiger partial charge in [0.15, 0.2) is 0 Å². The Balaban J connectivity index is 4.25. The molecule has 0 spiro atoms. The molecule has 0 aliphatic heterocycles. The molecular weight excluding hydrogens is 767 g/mol. The molecule has 0 rings (SSSR count). The van der Waals surface area contributed by atoms with Crippen LogP contribution in [0.15, 0.2) is 0 Å². The number of carbonyl (C=O) groups is 3. The second-order valence-electron chi connectivity index (χ2n) is 18.9. The minimum absolute atomic E-state index is 0.113. The summed E-state index contributed by atoms with van der Waals surface area (Å²) in [6, 6.07) is 0. The SMILES string of the molecule is CCCCCCCCCCCCCCNC(=O)CCNCCCN(CCC(=O)NCCCCCCCCCCCCCC)CCC(=O)NCCCCCCCCCCCCCC. The summed E-state index contributed by atoms with van der Waals surface area (Å²) in [7, 11) is 0. The maximum absolute atomic E-state index is 12.8. The van der Waals surface area contributed by atoms with Crippen molar-refractivity contribution in [2.24, 2.45) is 0 Å². The molecule has 0 saturated heterocycles. The zero-order valence-electron chi connectivity index (χ0n) is 42.1. The number of hydrogen-bond acceptors (Lipinski definition) is 5. The fraction of sp³-hybridized carbons (Fsp3) is 0.944. The predicted octanol–water partition coefficient (Wildman–Crippen LogP) is 13.9. The van der Waals surface area contributed by atoms with Gasteiger partial charge in [-0.2, -0.15) is 0 Å². The Hall–Kier alpha value is -1.67. The van der Waals surface area contributed by atoms with Crippen molar-refractivity contribution in [2.45, 2.75) is 278 Å². The average Bonchev–Trinajstić information content (AvgIpc) is 3.27. The Bertz CT molecular complexity index is 888.